The summed E-state index contributed by atoms with van der Waals surface area (Å²) in [4.78, 5) is 24.0. The predicted molar refractivity (Wildman–Crippen MR) is 90.3 cm³/mol. The normalized spacial score (nSPS) is 12.2. The summed E-state index contributed by atoms with van der Waals surface area (Å²) in [7, 11) is 0. The number of hydrogen-bond acceptors (Lipinski definition) is 3. The fraction of sp³-hybridized carbons (Fsp3) is 0.444. The van der Waals surface area contributed by atoms with E-state index < -0.39 is 6.04 Å². The number of rotatable bonds is 6. The summed E-state index contributed by atoms with van der Waals surface area (Å²) in [5, 5.41) is 6.44. The van der Waals surface area contributed by atoms with Crippen molar-refractivity contribution in [1.82, 2.24) is 10.6 Å². The monoisotopic (exact) mass is 316 g/mol. The van der Waals surface area contributed by atoms with E-state index in [1.165, 1.54) is 0 Å². The smallest absolute Gasteiger partial charge is 0.242 e. The van der Waals surface area contributed by atoms with Gasteiger partial charge >= 0.3 is 0 Å². The van der Waals surface area contributed by atoms with E-state index in [4.69, 9.17) is 4.42 Å². The molecule has 1 aromatic carbocycles. The SMILES string of the molecule is CCCNC(=O)C(C)NC(=O)Cc1coc2c(C)c(C)ccc12. The van der Waals surface area contributed by atoms with Crippen LogP contribution in [0.25, 0.3) is 11.0 Å². The van der Waals surface area contributed by atoms with Crippen LogP contribution in [0.15, 0.2) is 22.8 Å². The molecule has 2 amide bonds. The van der Waals surface area contributed by atoms with Crippen molar-refractivity contribution in [2.24, 2.45) is 0 Å². The first kappa shape index (κ1) is 17.1. The maximum absolute atomic E-state index is 12.2. The van der Waals surface area contributed by atoms with Crippen LogP contribution in [0.1, 0.15) is 37.0 Å². The van der Waals surface area contributed by atoms with E-state index in [1.807, 2.05) is 32.9 Å². The van der Waals surface area contributed by atoms with E-state index in [0.29, 0.717) is 6.54 Å². The molecule has 1 heterocycles. The van der Waals surface area contributed by atoms with Gasteiger partial charge in [0.2, 0.25) is 11.8 Å². The first-order valence-corrected chi connectivity index (χ1v) is 7.97. The van der Waals surface area contributed by atoms with Gasteiger partial charge in [-0.05, 0) is 38.3 Å². The zero-order chi connectivity index (χ0) is 17.0. The predicted octanol–water partition coefficient (Wildman–Crippen LogP) is 2.62. The Bertz CT molecular complexity index is 718. The number of fused-ring (bicyclic) bond motifs is 1. The summed E-state index contributed by atoms with van der Waals surface area (Å²) in [5.74, 6) is -0.353. The third-order valence-corrected chi connectivity index (χ3v) is 4.01. The summed E-state index contributed by atoms with van der Waals surface area (Å²) in [6, 6.07) is 3.45. The van der Waals surface area contributed by atoms with Crippen molar-refractivity contribution >= 4 is 22.8 Å². The molecule has 1 aromatic heterocycles. The van der Waals surface area contributed by atoms with Gasteiger partial charge in [0.1, 0.15) is 11.6 Å². The van der Waals surface area contributed by atoms with Gasteiger partial charge in [-0.1, -0.05) is 19.1 Å². The molecule has 2 aromatic rings. The topological polar surface area (TPSA) is 71.3 Å². The van der Waals surface area contributed by atoms with Crippen molar-refractivity contribution < 1.29 is 14.0 Å². The summed E-state index contributed by atoms with van der Waals surface area (Å²) in [6.45, 7) is 8.32. The molecule has 0 saturated carbocycles. The maximum atomic E-state index is 12.2. The molecule has 5 nitrogen and oxygen atoms in total. The van der Waals surface area contributed by atoms with Crippen molar-refractivity contribution in [2.75, 3.05) is 6.54 Å². The molecule has 1 atom stereocenters. The average molecular weight is 316 g/mol. The Labute approximate surface area is 136 Å². The number of hydrogen-bond donors (Lipinski definition) is 2. The summed E-state index contributed by atoms with van der Waals surface area (Å²) >= 11 is 0. The van der Waals surface area contributed by atoms with Gasteiger partial charge < -0.3 is 15.1 Å². The lowest BCUT2D eigenvalue weighted by Crippen LogP contribution is -2.45. The van der Waals surface area contributed by atoms with E-state index in [2.05, 4.69) is 10.6 Å². The molecule has 0 saturated heterocycles. The van der Waals surface area contributed by atoms with E-state index in [1.54, 1.807) is 13.2 Å². The molecule has 23 heavy (non-hydrogen) atoms. The number of carbonyl (C=O) groups is 2. The van der Waals surface area contributed by atoms with Crippen molar-refractivity contribution in [1.29, 1.82) is 0 Å². The van der Waals surface area contributed by atoms with Crippen molar-refractivity contribution in [2.45, 2.75) is 46.6 Å². The largest absolute Gasteiger partial charge is 0.464 e. The summed E-state index contributed by atoms with van der Waals surface area (Å²) in [5.41, 5.74) is 3.90. The maximum Gasteiger partial charge on any atom is 0.242 e. The molecular weight excluding hydrogens is 292 g/mol. The second-order valence-electron chi connectivity index (χ2n) is 5.90. The highest BCUT2D eigenvalue weighted by atomic mass is 16.3. The Morgan fingerprint density at radius 2 is 2.00 bits per heavy atom. The second-order valence-corrected chi connectivity index (χ2v) is 5.90. The highest BCUT2D eigenvalue weighted by Crippen LogP contribution is 2.26. The first-order valence-electron chi connectivity index (χ1n) is 7.97. The third-order valence-electron chi connectivity index (χ3n) is 4.01. The minimum atomic E-state index is -0.545. The quantitative estimate of drug-likeness (QED) is 0.860. The fourth-order valence-corrected chi connectivity index (χ4v) is 2.46. The Morgan fingerprint density at radius 3 is 2.70 bits per heavy atom. The number of carbonyl (C=O) groups excluding carboxylic acids is 2. The van der Waals surface area contributed by atoms with E-state index in [0.717, 1.165) is 34.1 Å². The molecule has 124 valence electrons. The Balaban J connectivity index is 2.03. The van der Waals surface area contributed by atoms with Crippen LogP contribution in [-0.4, -0.2) is 24.4 Å². The van der Waals surface area contributed by atoms with E-state index >= 15 is 0 Å². The molecular formula is C18H24N2O3. The van der Waals surface area contributed by atoms with Crippen LogP contribution in [0.3, 0.4) is 0 Å². The van der Waals surface area contributed by atoms with Gasteiger partial charge in [0.05, 0.1) is 12.7 Å². The molecule has 0 spiro atoms. The van der Waals surface area contributed by atoms with Crippen LogP contribution in [0, 0.1) is 13.8 Å². The molecule has 0 fully saturated rings. The third kappa shape index (κ3) is 3.92. The lowest BCUT2D eigenvalue weighted by atomic mass is 10.0. The van der Waals surface area contributed by atoms with Gasteiger partial charge in [0.15, 0.2) is 0 Å². The van der Waals surface area contributed by atoms with Gasteiger partial charge in [0, 0.05) is 17.5 Å². The molecule has 2 N–H and O–H groups in total. The number of nitrogens with one attached hydrogen (secondary N) is 2. The Morgan fingerprint density at radius 1 is 1.26 bits per heavy atom. The number of benzene rings is 1. The van der Waals surface area contributed by atoms with Crippen LogP contribution in [0.4, 0.5) is 0 Å². The zero-order valence-corrected chi connectivity index (χ0v) is 14.2. The minimum absolute atomic E-state index is 0.163. The minimum Gasteiger partial charge on any atom is -0.464 e. The van der Waals surface area contributed by atoms with Gasteiger partial charge in [0.25, 0.3) is 0 Å². The van der Waals surface area contributed by atoms with Crippen LogP contribution < -0.4 is 10.6 Å². The van der Waals surface area contributed by atoms with Crippen LogP contribution in [-0.2, 0) is 16.0 Å². The van der Waals surface area contributed by atoms with Crippen LogP contribution >= 0.6 is 0 Å². The highest BCUT2D eigenvalue weighted by molar-refractivity contribution is 5.92. The van der Waals surface area contributed by atoms with E-state index in [9.17, 15) is 9.59 Å². The standard InChI is InChI=1S/C18H24N2O3/c1-5-8-19-18(22)13(4)20-16(21)9-14-10-23-17-12(3)11(2)6-7-15(14)17/h6-7,10,13H,5,8-9H2,1-4H3,(H,19,22)(H,20,21). The number of amides is 2. The molecule has 0 aliphatic rings. The molecule has 0 radical (unpaired) electrons. The molecule has 0 bridgehead atoms. The summed E-state index contributed by atoms with van der Waals surface area (Å²) in [6.07, 6.45) is 2.69. The van der Waals surface area contributed by atoms with Crippen molar-refractivity contribution in [3.8, 4) is 0 Å². The average Bonchev–Trinajstić information content (AvgIpc) is 2.91. The zero-order valence-electron chi connectivity index (χ0n) is 14.2. The fourth-order valence-electron chi connectivity index (χ4n) is 2.46. The molecule has 1 unspecified atom stereocenters. The number of aryl methyl sites for hydroxylation is 2. The lowest BCUT2D eigenvalue weighted by Gasteiger charge is -2.13. The molecule has 0 aliphatic heterocycles. The first-order chi connectivity index (χ1) is 10.9. The van der Waals surface area contributed by atoms with Crippen molar-refractivity contribution in [3.63, 3.8) is 0 Å². The van der Waals surface area contributed by atoms with Gasteiger partial charge in [-0.25, -0.2) is 0 Å². The van der Waals surface area contributed by atoms with Gasteiger partial charge in [-0.3, -0.25) is 9.59 Å². The molecule has 2 rings (SSSR count). The van der Waals surface area contributed by atoms with Crippen LogP contribution in [0.2, 0.25) is 0 Å². The Hall–Kier alpha value is -2.30. The second kappa shape index (κ2) is 7.31. The van der Waals surface area contributed by atoms with Crippen LogP contribution in [0.5, 0.6) is 0 Å². The van der Waals surface area contributed by atoms with Gasteiger partial charge in [-0.15, -0.1) is 0 Å². The van der Waals surface area contributed by atoms with E-state index in [-0.39, 0.29) is 18.2 Å². The van der Waals surface area contributed by atoms with Gasteiger partial charge in [-0.2, -0.15) is 0 Å². The summed E-state index contributed by atoms with van der Waals surface area (Å²) < 4.78 is 5.61. The molecule has 0 aliphatic carbocycles. The van der Waals surface area contributed by atoms with Crippen molar-refractivity contribution in [3.05, 3.63) is 35.1 Å². The highest BCUT2D eigenvalue weighted by Gasteiger charge is 2.17. The lowest BCUT2D eigenvalue weighted by molar-refractivity contribution is -0.128. The number of furan rings is 1. The molecule has 5 heteroatoms. The Kier molecular flexibility index (Phi) is 5.42.